The summed E-state index contributed by atoms with van der Waals surface area (Å²) in [5.41, 5.74) is 1.63. The van der Waals surface area contributed by atoms with Crippen LogP contribution >= 0.6 is 7.41 Å². The molecule has 0 aliphatic carbocycles. The summed E-state index contributed by atoms with van der Waals surface area (Å²) in [6.07, 6.45) is 1.10. The number of halogens is 1. The van der Waals surface area contributed by atoms with E-state index in [1.165, 1.54) is 10.9 Å². The van der Waals surface area contributed by atoms with Crippen LogP contribution in [0.5, 0.6) is 0 Å². The van der Waals surface area contributed by atoms with E-state index in [0.29, 0.717) is 0 Å². The molecular formula is C22H33BrNP. The first-order chi connectivity index (χ1) is 11.0. The quantitative estimate of drug-likeness (QED) is 0.685. The Kier molecular flexibility index (Phi) is 7.45. The van der Waals surface area contributed by atoms with E-state index in [0.717, 1.165) is 6.16 Å². The lowest BCUT2D eigenvalue weighted by atomic mass is 10.0. The van der Waals surface area contributed by atoms with E-state index in [-0.39, 0.29) is 28.1 Å². The molecule has 138 valence electrons. The van der Waals surface area contributed by atoms with Gasteiger partial charge < -0.3 is 17.0 Å². The van der Waals surface area contributed by atoms with Crippen LogP contribution in [0.3, 0.4) is 0 Å². The maximum Gasteiger partial charge on any atom is 0.118 e. The Labute approximate surface area is 166 Å². The summed E-state index contributed by atoms with van der Waals surface area (Å²) in [6.45, 7) is 16.6. The molecule has 0 N–H and O–H groups in total. The van der Waals surface area contributed by atoms with Gasteiger partial charge in [0.1, 0.15) is 18.9 Å². The highest BCUT2D eigenvalue weighted by molar-refractivity contribution is 7.79. The fourth-order valence-corrected chi connectivity index (χ4v) is 9.24. The number of nitrogens with zero attached hydrogens (tertiary/aromatic N) is 1. The van der Waals surface area contributed by atoms with Crippen molar-refractivity contribution < 1.29 is 17.0 Å². The fraction of sp³-hybridized carbons (Fsp3) is 0.455. The lowest BCUT2D eigenvalue weighted by Gasteiger charge is -2.49. The zero-order chi connectivity index (χ0) is 18.0. The smallest absolute Gasteiger partial charge is 0.118 e. The van der Waals surface area contributed by atoms with E-state index in [9.17, 15) is 0 Å². The van der Waals surface area contributed by atoms with Crippen LogP contribution in [-0.4, -0.2) is 22.4 Å². The largest absolute Gasteiger partial charge is 1.00 e. The van der Waals surface area contributed by atoms with Gasteiger partial charge in [-0.2, -0.15) is 4.67 Å². The van der Waals surface area contributed by atoms with Gasteiger partial charge in [-0.3, -0.25) is 0 Å². The van der Waals surface area contributed by atoms with Gasteiger partial charge in [-0.15, -0.1) is 0 Å². The first-order valence-electron chi connectivity index (χ1n) is 8.81. The van der Waals surface area contributed by atoms with Crippen molar-refractivity contribution in [1.29, 1.82) is 0 Å². The third kappa shape index (κ3) is 5.39. The fourth-order valence-electron chi connectivity index (χ4n) is 4.30. The van der Waals surface area contributed by atoms with E-state index in [1.54, 1.807) is 0 Å². The molecule has 3 heteroatoms. The van der Waals surface area contributed by atoms with Crippen molar-refractivity contribution in [2.45, 2.75) is 58.8 Å². The molecule has 0 aromatic heterocycles. The van der Waals surface area contributed by atoms with E-state index in [1.807, 2.05) is 0 Å². The minimum absolute atomic E-state index is 0. The molecular weight excluding hydrogens is 389 g/mol. The molecule has 2 aromatic carbocycles. The zero-order valence-corrected chi connectivity index (χ0v) is 19.2. The summed E-state index contributed by atoms with van der Waals surface area (Å²) in [5.74, 6) is 0. The van der Waals surface area contributed by atoms with Gasteiger partial charge in [0.2, 0.25) is 0 Å². The average molecular weight is 422 g/mol. The maximum absolute atomic E-state index is 2.79. The van der Waals surface area contributed by atoms with Gasteiger partial charge in [0.05, 0.1) is 6.66 Å². The lowest BCUT2D eigenvalue weighted by molar-refractivity contribution is -0.00000962. The van der Waals surface area contributed by atoms with Gasteiger partial charge in [-0.1, -0.05) is 48.5 Å². The normalized spacial score (nSPS) is 14.7. The molecule has 0 radical (unpaired) electrons. The van der Waals surface area contributed by atoms with Crippen LogP contribution in [0.2, 0.25) is 0 Å². The van der Waals surface area contributed by atoms with Crippen molar-refractivity contribution in [3.05, 3.63) is 66.2 Å². The molecule has 0 aliphatic rings. The lowest BCUT2D eigenvalue weighted by Crippen LogP contribution is -3.00. The predicted octanol–water partition coefficient (Wildman–Crippen LogP) is 2.98. The monoisotopic (exact) mass is 421 g/mol. The summed E-state index contributed by atoms with van der Waals surface area (Å²) in [6, 6.07) is 22.1. The second-order valence-corrected chi connectivity index (χ2v) is 12.3. The third-order valence-electron chi connectivity index (χ3n) is 4.36. The average Bonchev–Trinajstić information content (AvgIpc) is 2.46. The van der Waals surface area contributed by atoms with Crippen molar-refractivity contribution in [2.24, 2.45) is 0 Å². The number of hydrogen-bond donors (Lipinski definition) is 0. The molecule has 25 heavy (non-hydrogen) atoms. The first-order valence-corrected chi connectivity index (χ1v) is 11.2. The van der Waals surface area contributed by atoms with E-state index in [4.69, 9.17) is 0 Å². The molecule has 0 spiro atoms. The van der Waals surface area contributed by atoms with Crippen molar-refractivity contribution in [1.82, 2.24) is 4.67 Å². The summed E-state index contributed by atoms with van der Waals surface area (Å²) < 4.78 is 2.79. The molecule has 0 amide bonds. The standard InChI is InChI=1S/C22H33NP.BrH/c1-21(2,3)23(22(4,5)6)24(7,20-16-12-9-13-17-20)18-19-14-10-8-11-15-19;/h8-17H,18H2,1-7H3;1H/q+1;/p-1. The highest BCUT2D eigenvalue weighted by atomic mass is 79.9. The zero-order valence-electron chi connectivity index (χ0n) is 16.8. The topological polar surface area (TPSA) is 3.24 Å². The third-order valence-corrected chi connectivity index (χ3v) is 8.83. The van der Waals surface area contributed by atoms with Crippen LogP contribution < -0.4 is 22.3 Å². The Balaban J connectivity index is 0.00000312. The highest BCUT2D eigenvalue weighted by Gasteiger charge is 2.52. The molecule has 1 nitrogen and oxygen atoms in total. The van der Waals surface area contributed by atoms with Gasteiger partial charge in [0.15, 0.2) is 0 Å². The van der Waals surface area contributed by atoms with Crippen LogP contribution in [0, 0.1) is 0 Å². The van der Waals surface area contributed by atoms with Gasteiger partial charge >= 0.3 is 0 Å². The number of benzene rings is 2. The molecule has 0 saturated heterocycles. The molecule has 2 aromatic rings. The van der Waals surface area contributed by atoms with Crippen LogP contribution in [-0.2, 0) is 6.16 Å². The molecule has 0 aliphatic heterocycles. The van der Waals surface area contributed by atoms with Crippen LogP contribution in [0.25, 0.3) is 0 Å². The maximum atomic E-state index is 2.79. The van der Waals surface area contributed by atoms with Crippen LogP contribution in [0.4, 0.5) is 0 Å². The predicted molar refractivity (Wildman–Crippen MR) is 110 cm³/mol. The van der Waals surface area contributed by atoms with E-state index in [2.05, 4.69) is 114 Å². The second kappa shape index (κ2) is 8.33. The van der Waals surface area contributed by atoms with Crippen molar-refractivity contribution in [3.63, 3.8) is 0 Å². The number of rotatable bonds is 4. The molecule has 0 heterocycles. The molecule has 2 rings (SSSR count). The van der Waals surface area contributed by atoms with E-state index < -0.39 is 7.41 Å². The van der Waals surface area contributed by atoms with E-state index >= 15 is 0 Å². The van der Waals surface area contributed by atoms with Crippen LogP contribution in [0.15, 0.2) is 60.7 Å². The molecule has 0 fully saturated rings. The molecule has 1 unspecified atom stereocenters. The summed E-state index contributed by atoms with van der Waals surface area (Å²) in [5, 5.41) is 1.48. The van der Waals surface area contributed by atoms with Gasteiger partial charge in [-0.25, -0.2) is 0 Å². The van der Waals surface area contributed by atoms with Gasteiger partial charge in [-0.05, 0) is 59.2 Å². The minimum Gasteiger partial charge on any atom is -1.00 e. The number of hydrogen-bond acceptors (Lipinski definition) is 1. The van der Waals surface area contributed by atoms with Crippen molar-refractivity contribution >= 4 is 12.7 Å². The Hall–Kier alpha value is -0.690. The molecule has 1 atom stereocenters. The first kappa shape index (κ1) is 22.4. The Bertz CT molecular complexity index is 629. The summed E-state index contributed by atoms with van der Waals surface area (Å²) in [7, 11) is -1.56. The molecule has 0 saturated carbocycles. The second-order valence-electron chi connectivity index (χ2n) is 8.77. The Morgan fingerprint density at radius 2 is 1.12 bits per heavy atom. The Morgan fingerprint density at radius 3 is 1.52 bits per heavy atom. The van der Waals surface area contributed by atoms with Crippen LogP contribution in [0.1, 0.15) is 47.1 Å². The van der Waals surface area contributed by atoms with Gasteiger partial charge in [0.25, 0.3) is 0 Å². The summed E-state index contributed by atoms with van der Waals surface area (Å²) in [4.78, 5) is 0. The molecule has 0 bridgehead atoms. The minimum atomic E-state index is -1.56. The highest BCUT2D eigenvalue weighted by Crippen LogP contribution is 2.65. The van der Waals surface area contributed by atoms with Crippen molar-refractivity contribution in [3.8, 4) is 0 Å². The Morgan fingerprint density at radius 1 is 0.720 bits per heavy atom. The summed E-state index contributed by atoms with van der Waals surface area (Å²) >= 11 is 0. The van der Waals surface area contributed by atoms with Gasteiger partial charge in [0, 0.05) is 11.1 Å². The van der Waals surface area contributed by atoms with Crippen molar-refractivity contribution in [2.75, 3.05) is 6.66 Å². The SMILES string of the molecule is CC(C)(C)N(C(C)(C)C)[P+](C)(Cc1ccccc1)c1ccccc1.[Br-].